The molecule has 0 saturated heterocycles. The van der Waals surface area contributed by atoms with Crippen molar-refractivity contribution in [2.75, 3.05) is 20.3 Å². The van der Waals surface area contributed by atoms with Gasteiger partial charge in [0.1, 0.15) is 11.6 Å². The molecule has 112 valence electrons. The maximum atomic E-state index is 11.8. The van der Waals surface area contributed by atoms with Crippen LogP contribution in [0.25, 0.3) is 0 Å². The van der Waals surface area contributed by atoms with Gasteiger partial charge in [0.15, 0.2) is 0 Å². The average Bonchev–Trinajstić information content (AvgIpc) is 2.22. The number of aliphatic hydroxyl groups is 1. The SMILES string of the molecule is COC[C@@H](NC(=O)OC(C)(C)C)C(=O)NCC(C)O. The number of methoxy groups -OCH3 is 1. The number of alkyl carbamates (subject to hydrolysis) is 1. The van der Waals surface area contributed by atoms with Gasteiger partial charge >= 0.3 is 6.09 Å². The van der Waals surface area contributed by atoms with E-state index in [1.807, 2.05) is 0 Å². The van der Waals surface area contributed by atoms with E-state index in [0.717, 1.165) is 0 Å². The molecule has 0 aromatic heterocycles. The highest BCUT2D eigenvalue weighted by Gasteiger charge is 2.24. The minimum Gasteiger partial charge on any atom is -0.444 e. The normalized spacial score (nSPS) is 14.4. The molecule has 0 aliphatic carbocycles. The van der Waals surface area contributed by atoms with Gasteiger partial charge in [-0.15, -0.1) is 0 Å². The molecule has 1 unspecified atom stereocenters. The van der Waals surface area contributed by atoms with Gasteiger partial charge < -0.3 is 25.2 Å². The molecule has 0 radical (unpaired) electrons. The molecule has 7 heteroatoms. The van der Waals surface area contributed by atoms with E-state index in [0.29, 0.717) is 0 Å². The van der Waals surface area contributed by atoms with Crippen molar-refractivity contribution in [3.8, 4) is 0 Å². The highest BCUT2D eigenvalue weighted by atomic mass is 16.6. The fourth-order valence-electron chi connectivity index (χ4n) is 1.17. The molecule has 0 aromatic rings. The number of carbonyl (C=O) groups is 2. The molecule has 0 spiro atoms. The van der Waals surface area contributed by atoms with E-state index in [2.05, 4.69) is 10.6 Å². The minimum atomic E-state index is -0.862. The zero-order valence-electron chi connectivity index (χ0n) is 12.1. The Kier molecular flexibility index (Phi) is 7.40. The standard InChI is InChI=1S/C12H24N2O5/c1-8(15)6-13-10(16)9(7-18-5)14-11(17)19-12(2,3)4/h8-9,15H,6-7H2,1-5H3,(H,13,16)(H,14,17)/t8?,9-/m1/s1. The summed E-state index contributed by atoms with van der Waals surface area (Å²) < 4.78 is 9.92. The van der Waals surface area contributed by atoms with Crippen molar-refractivity contribution < 1.29 is 24.2 Å². The second kappa shape index (κ2) is 7.96. The van der Waals surface area contributed by atoms with Gasteiger partial charge in [-0.3, -0.25) is 4.79 Å². The lowest BCUT2D eigenvalue weighted by Crippen LogP contribution is -2.51. The molecule has 0 heterocycles. The summed E-state index contributed by atoms with van der Waals surface area (Å²) in [7, 11) is 1.42. The summed E-state index contributed by atoms with van der Waals surface area (Å²) in [5.41, 5.74) is -0.641. The lowest BCUT2D eigenvalue weighted by atomic mass is 10.2. The van der Waals surface area contributed by atoms with Crippen LogP contribution >= 0.6 is 0 Å². The van der Waals surface area contributed by atoms with E-state index >= 15 is 0 Å². The van der Waals surface area contributed by atoms with E-state index in [9.17, 15) is 9.59 Å². The third-order valence-electron chi connectivity index (χ3n) is 1.91. The van der Waals surface area contributed by atoms with Crippen molar-refractivity contribution in [2.24, 2.45) is 0 Å². The fraction of sp³-hybridized carbons (Fsp3) is 0.833. The van der Waals surface area contributed by atoms with Gasteiger partial charge in [-0.25, -0.2) is 4.79 Å². The Bertz CT molecular complexity index is 299. The van der Waals surface area contributed by atoms with Crippen LogP contribution in [0.5, 0.6) is 0 Å². The lowest BCUT2D eigenvalue weighted by Gasteiger charge is -2.23. The van der Waals surface area contributed by atoms with Crippen LogP contribution in [0.2, 0.25) is 0 Å². The molecular weight excluding hydrogens is 252 g/mol. The first-order chi connectivity index (χ1) is 8.65. The Balaban J connectivity index is 4.39. The van der Waals surface area contributed by atoms with Gasteiger partial charge in [0, 0.05) is 13.7 Å². The summed E-state index contributed by atoms with van der Waals surface area (Å²) in [6.07, 6.45) is -1.35. The van der Waals surface area contributed by atoms with Gasteiger partial charge in [-0.05, 0) is 27.7 Å². The van der Waals surface area contributed by atoms with Crippen molar-refractivity contribution in [3.05, 3.63) is 0 Å². The molecule has 7 nitrogen and oxygen atoms in total. The monoisotopic (exact) mass is 276 g/mol. The molecular formula is C12H24N2O5. The zero-order chi connectivity index (χ0) is 15.1. The number of hydrogen-bond acceptors (Lipinski definition) is 5. The van der Waals surface area contributed by atoms with Crippen LogP contribution in [-0.4, -0.2) is 55.1 Å². The predicted octanol–water partition coefficient (Wildman–Crippen LogP) is 0.0231. The largest absolute Gasteiger partial charge is 0.444 e. The highest BCUT2D eigenvalue weighted by molar-refractivity contribution is 5.85. The van der Waals surface area contributed by atoms with Gasteiger partial charge in [0.2, 0.25) is 5.91 Å². The molecule has 0 fully saturated rings. The van der Waals surface area contributed by atoms with E-state index in [1.165, 1.54) is 7.11 Å². The zero-order valence-corrected chi connectivity index (χ0v) is 12.1. The van der Waals surface area contributed by atoms with Gasteiger partial charge in [-0.1, -0.05) is 0 Å². The number of carbonyl (C=O) groups excluding carboxylic acids is 2. The molecule has 2 amide bonds. The number of amides is 2. The predicted molar refractivity (Wildman–Crippen MR) is 69.7 cm³/mol. The number of hydrogen-bond donors (Lipinski definition) is 3. The van der Waals surface area contributed by atoms with E-state index < -0.39 is 29.7 Å². The second-order valence-corrected chi connectivity index (χ2v) is 5.25. The summed E-state index contributed by atoms with van der Waals surface area (Å²) in [6.45, 7) is 6.86. The van der Waals surface area contributed by atoms with Crippen molar-refractivity contribution in [1.29, 1.82) is 0 Å². The number of rotatable bonds is 6. The number of aliphatic hydroxyl groups excluding tert-OH is 1. The number of ether oxygens (including phenoxy) is 2. The number of nitrogens with one attached hydrogen (secondary N) is 2. The van der Waals surface area contributed by atoms with Crippen LogP contribution in [-0.2, 0) is 14.3 Å². The van der Waals surface area contributed by atoms with E-state index in [4.69, 9.17) is 14.6 Å². The Morgan fingerprint density at radius 3 is 2.32 bits per heavy atom. The smallest absolute Gasteiger partial charge is 0.408 e. The quantitative estimate of drug-likeness (QED) is 0.635. The molecule has 0 bridgehead atoms. The first-order valence-electron chi connectivity index (χ1n) is 6.10. The molecule has 0 aliphatic heterocycles. The molecule has 0 aliphatic rings. The molecule has 0 aromatic carbocycles. The summed E-state index contributed by atoms with van der Waals surface area (Å²) in [6, 6.07) is -0.862. The van der Waals surface area contributed by atoms with Gasteiger partial charge in [0.25, 0.3) is 0 Å². The Hall–Kier alpha value is -1.34. The highest BCUT2D eigenvalue weighted by Crippen LogP contribution is 2.06. The topological polar surface area (TPSA) is 96.9 Å². The van der Waals surface area contributed by atoms with Crippen molar-refractivity contribution in [3.63, 3.8) is 0 Å². The van der Waals surface area contributed by atoms with Gasteiger partial charge in [0.05, 0.1) is 12.7 Å². The Morgan fingerprint density at radius 1 is 1.32 bits per heavy atom. The molecule has 2 atom stereocenters. The third-order valence-corrected chi connectivity index (χ3v) is 1.91. The first kappa shape index (κ1) is 17.7. The average molecular weight is 276 g/mol. The Labute approximate surface area is 113 Å². The summed E-state index contributed by atoms with van der Waals surface area (Å²) in [5.74, 6) is -0.436. The summed E-state index contributed by atoms with van der Waals surface area (Å²) in [5, 5.41) is 14.0. The van der Waals surface area contributed by atoms with Crippen molar-refractivity contribution >= 4 is 12.0 Å². The second-order valence-electron chi connectivity index (χ2n) is 5.25. The lowest BCUT2D eigenvalue weighted by molar-refractivity contribution is -0.124. The van der Waals surface area contributed by atoms with Gasteiger partial charge in [-0.2, -0.15) is 0 Å². The van der Waals surface area contributed by atoms with Crippen LogP contribution in [0.15, 0.2) is 0 Å². The molecule has 0 rings (SSSR count). The van der Waals surface area contributed by atoms with Crippen LogP contribution in [0.1, 0.15) is 27.7 Å². The van der Waals surface area contributed by atoms with Crippen molar-refractivity contribution in [2.45, 2.75) is 45.4 Å². The molecule has 3 N–H and O–H groups in total. The molecule has 0 saturated carbocycles. The van der Waals surface area contributed by atoms with E-state index in [-0.39, 0.29) is 13.2 Å². The Morgan fingerprint density at radius 2 is 1.89 bits per heavy atom. The third kappa shape index (κ3) is 9.26. The summed E-state index contributed by atoms with van der Waals surface area (Å²) >= 11 is 0. The molecule has 19 heavy (non-hydrogen) atoms. The van der Waals surface area contributed by atoms with Crippen LogP contribution in [0.4, 0.5) is 4.79 Å². The van der Waals surface area contributed by atoms with Crippen LogP contribution in [0.3, 0.4) is 0 Å². The van der Waals surface area contributed by atoms with Crippen LogP contribution in [0, 0.1) is 0 Å². The minimum absolute atomic E-state index is 0.0187. The fourth-order valence-corrected chi connectivity index (χ4v) is 1.17. The maximum Gasteiger partial charge on any atom is 0.408 e. The van der Waals surface area contributed by atoms with Crippen molar-refractivity contribution in [1.82, 2.24) is 10.6 Å². The first-order valence-corrected chi connectivity index (χ1v) is 6.10. The van der Waals surface area contributed by atoms with Crippen LogP contribution < -0.4 is 10.6 Å². The maximum absolute atomic E-state index is 11.8. The van der Waals surface area contributed by atoms with E-state index in [1.54, 1.807) is 27.7 Å². The summed E-state index contributed by atoms with van der Waals surface area (Å²) in [4.78, 5) is 23.3.